The van der Waals surface area contributed by atoms with Crippen molar-refractivity contribution < 1.29 is 19.4 Å². The fourth-order valence-corrected chi connectivity index (χ4v) is 4.66. The minimum absolute atomic E-state index is 0.224. The van der Waals surface area contributed by atoms with E-state index in [1.165, 1.54) is 12.1 Å². The molecule has 6 nitrogen and oxygen atoms in total. The minimum atomic E-state index is -0.971. The van der Waals surface area contributed by atoms with Crippen LogP contribution in [0.5, 0.6) is 0 Å². The lowest BCUT2D eigenvalue weighted by Gasteiger charge is -2.37. The van der Waals surface area contributed by atoms with E-state index >= 15 is 0 Å². The van der Waals surface area contributed by atoms with Gasteiger partial charge in [0.1, 0.15) is 0 Å². The predicted molar refractivity (Wildman–Crippen MR) is 118 cm³/mol. The molecule has 0 spiro atoms. The van der Waals surface area contributed by atoms with Crippen LogP contribution >= 0.6 is 35.3 Å². The fourth-order valence-electron chi connectivity index (χ4n) is 3.13. The zero-order valence-corrected chi connectivity index (χ0v) is 18.7. The molecule has 2 aromatic rings. The topological polar surface area (TPSA) is 70.1 Å². The molecular formula is C21H20Cl2N2O4S. The van der Waals surface area contributed by atoms with E-state index in [4.69, 9.17) is 33.0 Å². The molecule has 1 N–H and O–H groups in total. The SMILES string of the molecule is CCOC(=O)C1=CN(Cc2ccc(C(=O)O)cc2)SN(C)C1c1ccc(Cl)cc1Cl. The monoisotopic (exact) mass is 466 g/mol. The van der Waals surface area contributed by atoms with Gasteiger partial charge >= 0.3 is 11.9 Å². The molecule has 0 aromatic heterocycles. The summed E-state index contributed by atoms with van der Waals surface area (Å²) < 4.78 is 9.10. The van der Waals surface area contributed by atoms with Crippen LogP contribution in [0.15, 0.2) is 54.2 Å². The van der Waals surface area contributed by atoms with Crippen molar-refractivity contribution in [3.63, 3.8) is 0 Å². The van der Waals surface area contributed by atoms with Crippen molar-refractivity contribution in [3.8, 4) is 0 Å². The molecule has 2 aromatic carbocycles. The molecule has 0 aliphatic carbocycles. The Morgan fingerprint density at radius 3 is 2.47 bits per heavy atom. The predicted octanol–water partition coefficient (Wildman–Crippen LogP) is 5.19. The first kappa shape index (κ1) is 22.5. The van der Waals surface area contributed by atoms with Crippen molar-refractivity contribution in [3.05, 3.63) is 81.0 Å². The Hall–Kier alpha value is -2.19. The van der Waals surface area contributed by atoms with Crippen LogP contribution in [-0.2, 0) is 16.1 Å². The zero-order valence-electron chi connectivity index (χ0n) is 16.3. The van der Waals surface area contributed by atoms with Crippen molar-refractivity contribution in [1.29, 1.82) is 0 Å². The molecule has 30 heavy (non-hydrogen) atoms. The number of ether oxygens (including phenoxy) is 1. The van der Waals surface area contributed by atoms with Crippen molar-refractivity contribution in [2.24, 2.45) is 0 Å². The number of benzene rings is 2. The molecule has 1 atom stereocenters. The van der Waals surface area contributed by atoms with Crippen molar-refractivity contribution in [2.45, 2.75) is 19.5 Å². The smallest absolute Gasteiger partial charge is 0.337 e. The number of hydrogen-bond donors (Lipinski definition) is 1. The number of carbonyl (C=O) groups is 2. The average Bonchev–Trinajstić information content (AvgIpc) is 2.69. The van der Waals surface area contributed by atoms with E-state index in [9.17, 15) is 9.59 Å². The summed E-state index contributed by atoms with van der Waals surface area (Å²) in [4.78, 5) is 23.8. The van der Waals surface area contributed by atoms with Gasteiger partial charge in [-0.15, -0.1) is 0 Å². The van der Waals surface area contributed by atoms with Gasteiger partial charge in [-0.25, -0.2) is 13.9 Å². The van der Waals surface area contributed by atoms with Gasteiger partial charge in [0, 0.05) is 35.4 Å². The highest BCUT2D eigenvalue weighted by Gasteiger charge is 2.35. The van der Waals surface area contributed by atoms with E-state index in [0.717, 1.165) is 11.1 Å². The number of aromatic carboxylic acids is 1. The summed E-state index contributed by atoms with van der Waals surface area (Å²) in [6, 6.07) is 11.4. The molecular weight excluding hydrogens is 447 g/mol. The maximum atomic E-state index is 12.7. The summed E-state index contributed by atoms with van der Waals surface area (Å²) in [6.07, 6.45) is 1.75. The Morgan fingerprint density at radius 1 is 1.17 bits per heavy atom. The molecule has 158 valence electrons. The summed E-state index contributed by atoms with van der Waals surface area (Å²) in [5, 5.41) is 10.0. The molecule has 0 bridgehead atoms. The van der Waals surface area contributed by atoms with Gasteiger partial charge in [-0.05, 0) is 42.3 Å². The zero-order chi connectivity index (χ0) is 21.8. The number of hydrogen-bond acceptors (Lipinski definition) is 6. The third-order valence-corrected chi connectivity index (χ3v) is 5.96. The molecule has 0 fully saturated rings. The second-order valence-corrected chi connectivity index (χ2v) is 8.63. The highest BCUT2D eigenvalue weighted by atomic mass is 35.5. The van der Waals surface area contributed by atoms with Gasteiger partial charge in [0.15, 0.2) is 0 Å². The van der Waals surface area contributed by atoms with E-state index in [0.29, 0.717) is 22.2 Å². The van der Waals surface area contributed by atoms with E-state index in [1.807, 2.05) is 15.7 Å². The number of likely N-dealkylation sites (N-methyl/N-ethyl adjacent to an activating group) is 1. The van der Waals surface area contributed by atoms with E-state index in [2.05, 4.69) is 0 Å². The van der Waals surface area contributed by atoms with Gasteiger partial charge in [-0.2, -0.15) is 0 Å². The first-order valence-corrected chi connectivity index (χ1v) is 10.6. The van der Waals surface area contributed by atoms with Crippen LogP contribution in [0, 0.1) is 0 Å². The molecule has 3 rings (SSSR count). The molecule has 9 heteroatoms. The normalized spacial score (nSPS) is 16.9. The van der Waals surface area contributed by atoms with Gasteiger partial charge in [0.05, 0.1) is 30.3 Å². The number of nitrogens with zero attached hydrogens (tertiary/aromatic N) is 2. The Labute approximate surface area is 189 Å². The molecule has 0 radical (unpaired) electrons. The van der Waals surface area contributed by atoms with Gasteiger partial charge < -0.3 is 14.1 Å². The number of halogens is 2. The number of esters is 1. The Bertz CT molecular complexity index is 981. The largest absolute Gasteiger partial charge is 0.478 e. The molecule has 1 heterocycles. The summed E-state index contributed by atoms with van der Waals surface area (Å²) in [6.45, 7) is 2.48. The molecule has 1 aliphatic heterocycles. The van der Waals surface area contributed by atoms with E-state index in [1.54, 1.807) is 55.6 Å². The van der Waals surface area contributed by atoms with Crippen LogP contribution < -0.4 is 0 Å². The summed E-state index contributed by atoms with van der Waals surface area (Å²) >= 11 is 13.9. The summed E-state index contributed by atoms with van der Waals surface area (Å²) in [7, 11) is 1.87. The fraction of sp³-hybridized carbons (Fsp3) is 0.238. The molecule has 1 aliphatic rings. The van der Waals surface area contributed by atoms with Crippen LogP contribution in [0.2, 0.25) is 10.0 Å². The maximum absolute atomic E-state index is 12.7. The lowest BCUT2D eigenvalue weighted by molar-refractivity contribution is -0.139. The summed E-state index contributed by atoms with van der Waals surface area (Å²) in [5.74, 6) is -1.40. The van der Waals surface area contributed by atoms with Crippen molar-refractivity contribution in [2.75, 3.05) is 13.7 Å². The van der Waals surface area contributed by atoms with Crippen LogP contribution in [-0.4, -0.2) is 39.3 Å². The van der Waals surface area contributed by atoms with Crippen LogP contribution in [0.1, 0.15) is 34.5 Å². The van der Waals surface area contributed by atoms with Gasteiger partial charge in [-0.3, -0.25) is 0 Å². The van der Waals surface area contributed by atoms with Crippen LogP contribution in [0.4, 0.5) is 0 Å². The second-order valence-electron chi connectivity index (χ2n) is 6.58. The molecule has 0 saturated heterocycles. The van der Waals surface area contributed by atoms with Gasteiger partial charge in [-0.1, -0.05) is 41.4 Å². The third kappa shape index (κ3) is 5.10. The van der Waals surface area contributed by atoms with Crippen molar-refractivity contribution >= 4 is 47.3 Å². The molecule has 0 saturated carbocycles. The minimum Gasteiger partial charge on any atom is -0.478 e. The molecule has 1 unspecified atom stereocenters. The first-order chi connectivity index (χ1) is 14.3. The molecule has 0 amide bonds. The number of rotatable bonds is 6. The maximum Gasteiger partial charge on any atom is 0.337 e. The quantitative estimate of drug-likeness (QED) is 0.463. The highest BCUT2D eigenvalue weighted by molar-refractivity contribution is 7.94. The average molecular weight is 467 g/mol. The lowest BCUT2D eigenvalue weighted by Crippen LogP contribution is -2.33. The van der Waals surface area contributed by atoms with Crippen molar-refractivity contribution in [1.82, 2.24) is 8.61 Å². The Morgan fingerprint density at radius 2 is 1.87 bits per heavy atom. The van der Waals surface area contributed by atoms with E-state index < -0.39 is 18.0 Å². The second kappa shape index (κ2) is 9.75. The highest BCUT2D eigenvalue weighted by Crippen LogP contribution is 2.42. The number of carboxylic acid groups (broad SMARTS) is 1. The van der Waals surface area contributed by atoms with Gasteiger partial charge in [0.2, 0.25) is 0 Å². The Balaban J connectivity index is 1.93. The third-order valence-electron chi connectivity index (χ3n) is 4.48. The summed E-state index contributed by atoms with van der Waals surface area (Å²) in [5.41, 5.74) is 2.33. The van der Waals surface area contributed by atoms with E-state index in [-0.39, 0.29) is 12.2 Å². The van der Waals surface area contributed by atoms with Gasteiger partial charge in [0.25, 0.3) is 0 Å². The first-order valence-electron chi connectivity index (χ1n) is 9.13. The van der Waals surface area contributed by atoms with Crippen LogP contribution in [0.3, 0.4) is 0 Å². The number of carboxylic acids is 1. The Kier molecular flexibility index (Phi) is 7.31. The van der Waals surface area contributed by atoms with Crippen LogP contribution in [0.25, 0.3) is 0 Å². The number of carbonyl (C=O) groups excluding carboxylic acids is 1. The standard InChI is InChI=1S/C21H20Cl2N2O4S/c1-3-29-21(28)17-12-25(11-13-4-6-14(7-5-13)20(26)27)30-24(2)19(17)16-9-8-15(22)10-18(16)23/h4-10,12,19H,3,11H2,1-2H3,(H,26,27). The lowest BCUT2D eigenvalue weighted by atomic mass is 9.99.